The van der Waals surface area contributed by atoms with Crippen molar-refractivity contribution in [2.24, 2.45) is 0 Å². The van der Waals surface area contributed by atoms with Gasteiger partial charge in [0.25, 0.3) is 0 Å². The van der Waals surface area contributed by atoms with E-state index in [9.17, 15) is 14.4 Å². The van der Waals surface area contributed by atoms with Gasteiger partial charge in [-0.25, -0.2) is 4.57 Å². The maximum Gasteiger partial charge on any atom is 0.475 e. The largest absolute Gasteiger partial charge is 0.497 e. The first-order valence-corrected chi connectivity index (χ1v) is 26.9. The van der Waals surface area contributed by atoms with Crippen molar-refractivity contribution in [1.29, 1.82) is 0 Å². The molecule has 0 radical (unpaired) electrons. The van der Waals surface area contributed by atoms with Gasteiger partial charge in [0, 0.05) is 37.5 Å². The summed E-state index contributed by atoms with van der Waals surface area (Å²) in [4.78, 5) is 40.9. The summed E-state index contributed by atoms with van der Waals surface area (Å²) >= 11 is 0. The quantitative estimate of drug-likeness (QED) is 0.0362. The molecule has 0 heterocycles. The molecule has 0 bridgehead atoms. The van der Waals surface area contributed by atoms with Crippen LogP contribution in [0.5, 0.6) is 34.5 Å². The van der Waals surface area contributed by atoms with Gasteiger partial charge < -0.3 is 44.4 Å². The van der Waals surface area contributed by atoms with E-state index >= 15 is 4.57 Å². The molecule has 0 aromatic heterocycles. The van der Waals surface area contributed by atoms with Gasteiger partial charge in [-0.1, -0.05) is 97.8 Å². The molecule has 0 fully saturated rings. The molecule has 0 saturated carbocycles. The summed E-state index contributed by atoms with van der Waals surface area (Å²) in [7, 11) is 4.40. The lowest BCUT2D eigenvalue weighted by Gasteiger charge is -2.27. The smallest absolute Gasteiger partial charge is 0.475 e. The minimum Gasteiger partial charge on any atom is -0.497 e. The number of amides is 3. The molecule has 0 spiro atoms. The Morgan fingerprint density at radius 3 is 0.817 bits per heavy atom. The monoisotopic (exact) mass is 1010 g/mol. The predicted molar refractivity (Wildman–Crippen MR) is 277 cm³/mol. The Balaban J connectivity index is 2.12. The summed E-state index contributed by atoms with van der Waals surface area (Å²) in [6, 6.07) is 12.8. The minimum atomic E-state index is -4.73. The standard InChI is InChI=1S/C54H84N3O13P/c1-10-13-16-19-22-25-52(58)55-49(40-28-43(62-4)34-44(29-40)63-5)37-68-71(61,69-38-50(56-53(59)26-23-20-17-14-11-2)41-30-45(64-6)35-46(31-41)65-7)70-39-51(57-54(60)27-24-21-18-15-12-3)42-32-47(66-8)36-48(33-42)67-9/h28-36,49-51H,10-27,37-39H2,1-9H3,(H,55,58)(H,56,59)(H,57,60). The number of rotatable bonds is 39. The molecule has 17 heteroatoms. The molecular weight excluding hydrogens is 930 g/mol. The highest BCUT2D eigenvalue weighted by molar-refractivity contribution is 7.48. The fourth-order valence-electron chi connectivity index (χ4n) is 7.83. The number of phosphoric acid groups is 1. The molecule has 71 heavy (non-hydrogen) atoms. The van der Waals surface area contributed by atoms with Crippen LogP contribution in [-0.4, -0.2) is 80.2 Å². The Hall–Kier alpha value is -5.02. The van der Waals surface area contributed by atoms with E-state index in [1.54, 1.807) is 54.6 Å². The third kappa shape index (κ3) is 22.9. The Morgan fingerprint density at radius 2 is 0.606 bits per heavy atom. The first kappa shape index (κ1) is 60.3. The van der Waals surface area contributed by atoms with E-state index in [4.69, 9.17) is 42.0 Å². The van der Waals surface area contributed by atoms with Crippen LogP contribution in [0.1, 0.15) is 171 Å². The van der Waals surface area contributed by atoms with E-state index in [0.29, 0.717) is 70.4 Å². The zero-order valence-corrected chi connectivity index (χ0v) is 44.9. The van der Waals surface area contributed by atoms with Gasteiger partial charge in [-0.15, -0.1) is 0 Å². The second-order valence-electron chi connectivity index (χ2n) is 17.6. The summed E-state index contributed by atoms with van der Waals surface area (Å²) in [5, 5.41) is 9.21. The number of phosphoric ester groups is 1. The Morgan fingerprint density at radius 1 is 0.380 bits per heavy atom. The van der Waals surface area contributed by atoms with Gasteiger partial charge in [0.05, 0.1) is 80.6 Å². The highest BCUT2D eigenvalue weighted by Gasteiger charge is 2.34. The number of hydrogen-bond donors (Lipinski definition) is 3. The summed E-state index contributed by atoms with van der Waals surface area (Å²) in [6.45, 7) is 5.24. The van der Waals surface area contributed by atoms with Crippen LogP contribution in [0.25, 0.3) is 0 Å². The van der Waals surface area contributed by atoms with Crippen molar-refractivity contribution in [2.45, 2.75) is 154 Å². The van der Waals surface area contributed by atoms with Gasteiger partial charge in [0.2, 0.25) is 17.7 Å². The fourth-order valence-corrected chi connectivity index (χ4v) is 9.05. The third-order valence-corrected chi connectivity index (χ3v) is 13.5. The number of nitrogens with one attached hydrogen (secondary N) is 3. The summed E-state index contributed by atoms with van der Waals surface area (Å²) < 4.78 is 67.9. The molecule has 0 aliphatic rings. The first-order valence-electron chi connectivity index (χ1n) is 25.5. The number of benzene rings is 3. The van der Waals surface area contributed by atoms with Crippen LogP contribution in [0.4, 0.5) is 0 Å². The number of ether oxygens (including phenoxy) is 6. The lowest BCUT2D eigenvalue weighted by molar-refractivity contribution is -0.123. The van der Waals surface area contributed by atoms with Crippen molar-refractivity contribution >= 4 is 25.5 Å². The van der Waals surface area contributed by atoms with Crippen LogP contribution in [-0.2, 0) is 32.5 Å². The number of carbonyl (C=O) groups is 3. The van der Waals surface area contributed by atoms with E-state index in [0.717, 1.165) is 77.0 Å². The second kappa shape index (κ2) is 34.4. The van der Waals surface area contributed by atoms with E-state index in [1.165, 1.54) is 42.7 Å². The number of unbranched alkanes of at least 4 members (excludes halogenated alkanes) is 12. The highest BCUT2D eigenvalue weighted by Crippen LogP contribution is 2.52. The second-order valence-corrected chi connectivity index (χ2v) is 19.3. The number of methoxy groups -OCH3 is 6. The van der Waals surface area contributed by atoms with Crippen LogP contribution in [0.2, 0.25) is 0 Å². The summed E-state index contributed by atoms with van der Waals surface area (Å²) in [5.74, 6) is 2.07. The zero-order valence-electron chi connectivity index (χ0n) is 44.0. The van der Waals surface area contributed by atoms with Crippen LogP contribution < -0.4 is 44.4 Å². The first-order chi connectivity index (χ1) is 34.4. The Bertz CT molecular complexity index is 1780. The zero-order chi connectivity index (χ0) is 51.9. The Labute approximate surface area is 423 Å². The minimum absolute atomic E-state index is 0.234. The van der Waals surface area contributed by atoms with Gasteiger partial charge in [0.1, 0.15) is 34.5 Å². The predicted octanol–water partition coefficient (Wildman–Crippen LogP) is 11.8. The van der Waals surface area contributed by atoms with Crippen LogP contribution in [0.15, 0.2) is 54.6 Å². The molecule has 3 rings (SSSR count). The molecule has 3 atom stereocenters. The maximum absolute atomic E-state index is 15.5. The molecule has 0 aliphatic heterocycles. The van der Waals surface area contributed by atoms with Crippen molar-refractivity contribution in [2.75, 3.05) is 62.5 Å². The topological polar surface area (TPSA) is 187 Å². The normalized spacial score (nSPS) is 13.3. The van der Waals surface area contributed by atoms with E-state index in [1.807, 2.05) is 0 Å². The van der Waals surface area contributed by atoms with Crippen molar-refractivity contribution in [3.63, 3.8) is 0 Å². The van der Waals surface area contributed by atoms with Crippen molar-refractivity contribution in [3.05, 3.63) is 71.3 Å². The van der Waals surface area contributed by atoms with Crippen LogP contribution in [0.3, 0.4) is 0 Å². The fraction of sp³-hybridized carbons (Fsp3) is 0.611. The molecule has 398 valence electrons. The number of hydrogen-bond acceptors (Lipinski definition) is 13. The van der Waals surface area contributed by atoms with Gasteiger partial charge in [-0.05, 0) is 72.4 Å². The molecule has 16 nitrogen and oxygen atoms in total. The van der Waals surface area contributed by atoms with Gasteiger partial charge in [0.15, 0.2) is 0 Å². The van der Waals surface area contributed by atoms with Gasteiger partial charge in [-0.2, -0.15) is 0 Å². The highest BCUT2D eigenvalue weighted by atomic mass is 31.2. The molecule has 0 aliphatic carbocycles. The van der Waals surface area contributed by atoms with E-state index < -0.39 is 45.8 Å². The maximum atomic E-state index is 15.5. The lowest BCUT2D eigenvalue weighted by atomic mass is 10.1. The number of carbonyl (C=O) groups excluding carboxylic acids is 3. The average Bonchev–Trinajstić information content (AvgIpc) is 3.39. The van der Waals surface area contributed by atoms with Crippen molar-refractivity contribution in [1.82, 2.24) is 16.0 Å². The van der Waals surface area contributed by atoms with Crippen molar-refractivity contribution < 1.29 is 60.9 Å². The molecule has 3 unspecified atom stereocenters. The molecule has 3 aromatic rings. The van der Waals surface area contributed by atoms with Crippen LogP contribution >= 0.6 is 7.82 Å². The third-order valence-electron chi connectivity index (χ3n) is 12.1. The molecule has 0 saturated heterocycles. The molecular formula is C54H84N3O13P. The molecule has 3 aromatic carbocycles. The van der Waals surface area contributed by atoms with E-state index in [-0.39, 0.29) is 37.0 Å². The van der Waals surface area contributed by atoms with Crippen LogP contribution in [0, 0.1) is 0 Å². The van der Waals surface area contributed by atoms with Crippen molar-refractivity contribution in [3.8, 4) is 34.5 Å². The van der Waals surface area contributed by atoms with Gasteiger partial charge in [-0.3, -0.25) is 28.0 Å². The van der Waals surface area contributed by atoms with Gasteiger partial charge >= 0.3 is 7.82 Å². The van der Waals surface area contributed by atoms with E-state index in [2.05, 4.69) is 36.7 Å². The SMILES string of the molecule is CCCCCCCC(=O)NC(COP(=O)(OCC(NC(=O)CCCCCCC)c1cc(OC)cc(OC)c1)OCC(NC(=O)CCCCCCC)c1cc(OC)cc(OC)c1)c1cc(OC)cc(OC)c1. The molecule has 3 amide bonds. The average molecular weight is 1010 g/mol. The summed E-state index contributed by atoms with van der Waals surface area (Å²) in [5.41, 5.74) is 1.64. The molecule has 3 N–H and O–H groups in total. The lowest BCUT2D eigenvalue weighted by Crippen LogP contribution is -2.33. The summed E-state index contributed by atoms with van der Waals surface area (Å²) in [6.07, 6.45) is 15.1. The Kier molecular flexibility index (Phi) is 29.2.